The Labute approximate surface area is 120 Å². The van der Waals surface area contributed by atoms with Crippen LogP contribution in [0.15, 0.2) is 18.2 Å². The fourth-order valence-electron chi connectivity index (χ4n) is 1.77. The van der Waals surface area contributed by atoms with E-state index in [1.165, 1.54) is 6.42 Å². The average Bonchev–Trinajstić information content (AvgIpc) is 2.28. The summed E-state index contributed by atoms with van der Waals surface area (Å²) in [4.78, 5) is 0.371. The standard InChI is InChI=1S/C14H21ClN2S/c1-9(2)4-5-10(3)17-13-7-6-11(15)8-12(13)14(16)18/h6-10,17H,4-5H2,1-3H3,(H2,16,18). The monoisotopic (exact) mass is 284 g/mol. The number of benzene rings is 1. The van der Waals surface area contributed by atoms with E-state index in [4.69, 9.17) is 29.6 Å². The summed E-state index contributed by atoms with van der Waals surface area (Å²) < 4.78 is 0. The molecule has 0 aliphatic heterocycles. The Bertz CT molecular complexity index is 418. The summed E-state index contributed by atoms with van der Waals surface area (Å²) in [5.41, 5.74) is 7.49. The molecular formula is C14H21ClN2S. The van der Waals surface area contributed by atoms with Crippen molar-refractivity contribution < 1.29 is 0 Å². The zero-order chi connectivity index (χ0) is 13.7. The molecule has 0 saturated heterocycles. The van der Waals surface area contributed by atoms with Crippen LogP contribution in [0.5, 0.6) is 0 Å². The molecule has 1 aromatic rings. The first-order valence-electron chi connectivity index (χ1n) is 6.26. The molecule has 0 aromatic heterocycles. The van der Waals surface area contributed by atoms with Crippen molar-refractivity contribution >= 4 is 34.5 Å². The molecule has 18 heavy (non-hydrogen) atoms. The van der Waals surface area contributed by atoms with E-state index in [1.807, 2.05) is 12.1 Å². The van der Waals surface area contributed by atoms with E-state index in [2.05, 4.69) is 26.1 Å². The van der Waals surface area contributed by atoms with Gasteiger partial charge in [-0.15, -0.1) is 0 Å². The molecular weight excluding hydrogens is 264 g/mol. The van der Waals surface area contributed by atoms with Crippen LogP contribution >= 0.6 is 23.8 Å². The molecule has 0 fully saturated rings. The van der Waals surface area contributed by atoms with Crippen molar-refractivity contribution in [1.29, 1.82) is 0 Å². The van der Waals surface area contributed by atoms with Gasteiger partial charge in [0.05, 0.1) is 0 Å². The van der Waals surface area contributed by atoms with Crippen LogP contribution < -0.4 is 11.1 Å². The largest absolute Gasteiger partial charge is 0.389 e. The summed E-state index contributed by atoms with van der Waals surface area (Å²) in [6.07, 6.45) is 2.32. The van der Waals surface area contributed by atoms with Crippen molar-refractivity contribution in [1.82, 2.24) is 0 Å². The zero-order valence-corrected chi connectivity index (χ0v) is 12.7. The molecule has 1 unspecified atom stereocenters. The SMILES string of the molecule is CC(C)CCC(C)Nc1ccc(Cl)cc1C(N)=S. The second-order valence-electron chi connectivity index (χ2n) is 5.07. The molecule has 0 amide bonds. The molecule has 0 bridgehead atoms. The van der Waals surface area contributed by atoms with Crippen LogP contribution in [0.2, 0.25) is 5.02 Å². The molecule has 2 nitrogen and oxygen atoms in total. The molecule has 1 rings (SSSR count). The van der Waals surface area contributed by atoms with E-state index in [1.54, 1.807) is 6.07 Å². The Balaban J connectivity index is 2.74. The third-order valence-corrected chi connectivity index (χ3v) is 3.28. The minimum absolute atomic E-state index is 0.371. The first kappa shape index (κ1) is 15.3. The Morgan fingerprint density at radius 2 is 2.00 bits per heavy atom. The van der Waals surface area contributed by atoms with Crippen molar-refractivity contribution in [3.8, 4) is 0 Å². The van der Waals surface area contributed by atoms with Crippen LogP contribution in [-0.4, -0.2) is 11.0 Å². The highest BCUT2D eigenvalue weighted by atomic mass is 35.5. The van der Waals surface area contributed by atoms with Gasteiger partial charge in [-0.05, 0) is 43.9 Å². The van der Waals surface area contributed by atoms with Gasteiger partial charge in [0.25, 0.3) is 0 Å². The molecule has 4 heteroatoms. The van der Waals surface area contributed by atoms with Gasteiger partial charge in [-0.1, -0.05) is 37.7 Å². The third kappa shape index (κ3) is 4.83. The molecule has 0 aliphatic carbocycles. The van der Waals surface area contributed by atoms with Crippen LogP contribution in [0.4, 0.5) is 5.69 Å². The maximum absolute atomic E-state index is 5.96. The number of hydrogen-bond donors (Lipinski definition) is 2. The van der Waals surface area contributed by atoms with Crippen LogP contribution in [0.1, 0.15) is 39.2 Å². The first-order valence-corrected chi connectivity index (χ1v) is 7.04. The van der Waals surface area contributed by atoms with Gasteiger partial charge in [-0.25, -0.2) is 0 Å². The molecule has 1 atom stereocenters. The van der Waals surface area contributed by atoms with Crippen LogP contribution in [0, 0.1) is 5.92 Å². The molecule has 0 spiro atoms. The smallest absolute Gasteiger partial charge is 0.106 e. The van der Waals surface area contributed by atoms with Crippen molar-refractivity contribution in [3.05, 3.63) is 28.8 Å². The van der Waals surface area contributed by atoms with Crippen molar-refractivity contribution in [3.63, 3.8) is 0 Å². The number of halogens is 1. The minimum Gasteiger partial charge on any atom is -0.389 e. The quantitative estimate of drug-likeness (QED) is 0.769. The van der Waals surface area contributed by atoms with Crippen molar-refractivity contribution in [2.75, 3.05) is 5.32 Å². The van der Waals surface area contributed by atoms with Gasteiger partial charge >= 0.3 is 0 Å². The topological polar surface area (TPSA) is 38.0 Å². The predicted molar refractivity (Wildman–Crippen MR) is 84.5 cm³/mol. The molecule has 0 saturated carbocycles. The van der Waals surface area contributed by atoms with Gasteiger partial charge in [-0.2, -0.15) is 0 Å². The third-order valence-electron chi connectivity index (χ3n) is 2.83. The summed E-state index contributed by atoms with van der Waals surface area (Å²) in [6.45, 7) is 6.63. The zero-order valence-electron chi connectivity index (χ0n) is 11.2. The lowest BCUT2D eigenvalue weighted by molar-refractivity contribution is 0.527. The summed E-state index contributed by atoms with van der Waals surface area (Å²) in [5, 5.41) is 4.10. The maximum Gasteiger partial charge on any atom is 0.106 e. The van der Waals surface area contributed by atoms with E-state index >= 15 is 0 Å². The number of anilines is 1. The Hall–Kier alpha value is -0.800. The Morgan fingerprint density at radius 1 is 1.33 bits per heavy atom. The van der Waals surface area contributed by atoms with Crippen LogP contribution in [0.25, 0.3) is 0 Å². The fourth-order valence-corrected chi connectivity index (χ4v) is 2.11. The number of nitrogens with one attached hydrogen (secondary N) is 1. The lowest BCUT2D eigenvalue weighted by Gasteiger charge is -2.18. The normalized spacial score (nSPS) is 12.5. The van der Waals surface area contributed by atoms with Crippen LogP contribution in [-0.2, 0) is 0 Å². The lowest BCUT2D eigenvalue weighted by Crippen LogP contribution is -2.19. The molecule has 0 radical (unpaired) electrons. The predicted octanol–water partition coefficient (Wildman–Crippen LogP) is 4.21. The van der Waals surface area contributed by atoms with E-state index < -0.39 is 0 Å². The van der Waals surface area contributed by atoms with Gasteiger partial charge < -0.3 is 11.1 Å². The molecule has 100 valence electrons. The molecule has 1 aromatic carbocycles. The van der Waals surface area contributed by atoms with E-state index in [0.29, 0.717) is 16.1 Å². The summed E-state index contributed by atoms with van der Waals surface area (Å²) in [7, 11) is 0. The highest BCUT2D eigenvalue weighted by molar-refractivity contribution is 7.80. The number of thiocarbonyl (C=S) groups is 1. The van der Waals surface area contributed by atoms with E-state index in [0.717, 1.165) is 23.6 Å². The molecule has 0 aliphatic rings. The van der Waals surface area contributed by atoms with Gasteiger partial charge in [0.15, 0.2) is 0 Å². The van der Waals surface area contributed by atoms with E-state index in [-0.39, 0.29) is 0 Å². The second kappa shape index (κ2) is 6.95. The van der Waals surface area contributed by atoms with Crippen molar-refractivity contribution in [2.45, 2.75) is 39.7 Å². The fraction of sp³-hybridized carbons (Fsp3) is 0.500. The summed E-state index contributed by atoms with van der Waals surface area (Å²) in [6, 6.07) is 5.98. The molecule has 0 heterocycles. The summed E-state index contributed by atoms with van der Waals surface area (Å²) in [5.74, 6) is 0.717. The first-order chi connectivity index (χ1) is 8.40. The number of nitrogens with two attached hydrogens (primary N) is 1. The second-order valence-corrected chi connectivity index (χ2v) is 5.95. The van der Waals surface area contributed by atoms with Gasteiger partial charge in [0.1, 0.15) is 4.99 Å². The molecule has 3 N–H and O–H groups in total. The number of hydrogen-bond acceptors (Lipinski definition) is 2. The van der Waals surface area contributed by atoms with E-state index in [9.17, 15) is 0 Å². The highest BCUT2D eigenvalue weighted by Crippen LogP contribution is 2.22. The maximum atomic E-state index is 5.96. The minimum atomic E-state index is 0.371. The van der Waals surface area contributed by atoms with Crippen LogP contribution in [0.3, 0.4) is 0 Å². The van der Waals surface area contributed by atoms with Crippen molar-refractivity contribution in [2.24, 2.45) is 11.7 Å². The lowest BCUT2D eigenvalue weighted by atomic mass is 10.0. The average molecular weight is 285 g/mol. The van der Waals surface area contributed by atoms with Gasteiger partial charge in [0, 0.05) is 22.3 Å². The number of rotatable bonds is 6. The highest BCUT2D eigenvalue weighted by Gasteiger charge is 2.09. The Morgan fingerprint density at radius 3 is 2.56 bits per heavy atom. The van der Waals surface area contributed by atoms with Gasteiger partial charge in [0.2, 0.25) is 0 Å². The van der Waals surface area contributed by atoms with Gasteiger partial charge in [-0.3, -0.25) is 0 Å². The summed E-state index contributed by atoms with van der Waals surface area (Å²) >= 11 is 11.0. The Kier molecular flexibility index (Phi) is 5.89.